The van der Waals surface area contributed by atoms with Gasteiger partial charge >= 0.3 is 0 Å². The Bertz CT molecular complexity index is 694. The molecule has 4 nitrogen and oxygen atoms in total. The van der Waals surface area contributed by atoms with Gasteiger partial charge < -0.3 is 10.6 Å². The molecule has 0 radical (unpaired) electrons. The molecule has 0 saturated carbocycles. The van der Waals surface area contributed by atoms with Crippen molar-refractivity contribution >= 4 is 17.3 Å². The quantitative estimate of drug-likeness (QED) is 0.619. The first-order valence-corrected chi connectivity index (χ1v) is 9.01. The lowest BCUT2D eigenvalue weighted by molar-refractivity contribution is 0.625. The minimum Gasteiger partial charge on any atom is -0.356 e. The molecule has 130 valence electrons. The van der Waals surface area contributed by atoms with E-state index >= 15 is 0 Å². The number of hydrogen-bond acceptors (Lipinski definition) is 3. The summed E-state index contributed by atoms with van der Waals surface area (Å²) >= 11 is 1.69. The van der Waals surface area contributed by atoms with E-state index in [1.165, 1.54) is 6.07 Å². The van der Waals surface area contributed by atoms with Gasteiger partial charge in [-0.3, -0.25) is 4.99 Å². The molecule has 1 aromatic heterocycles. The lowest BCUT2D eigenvalue weighted by Crippen LogP contribution is -2.38. The van der Waals surface area contributed by atoms with Crippen molar-refractivity contribution in [1.82, 2.24) is 15.6 Å². The zero-order chi connectivity index (χ0) is 17.5. The average Bonchev–Trinajstić information content (AvgIpc) is 3.01. The Morgan fingerprint density at radius 1 is 1.33 bits per heavy atom. The summed E-state index contributed by atoms with van der Waals surface area (Å²) in [4.78, 5) is 8.82. The van der Waals surface area contributed by atoms with E-state index in [1.54, 1.807) is 24.5 Å². The van der Waals surface area contributed by atoms with Crippen LogP contribution in [0.4, 0.5) is 4.39 Å². The van der Waals surface area contributed by atoms with Gasteiger partial charge in [0.05, 0.1) is 17.2 Å². The van der Waals surface area contributed by atoms with Gasteiger partial charge in [-0.25, -0.2) is 9.37 Å². The summed E-state index contributed by atoms with van der Waals surface area (Å²) in [5.41, 5.74) is 3.14. The molecular weight excluding hydrogens is 323 g/mol. The first-order chi connectivity index (χ1) is 11.5. The number of benzene rings is 1. The van der Waals surface area contributed by atoms with Crippen molar-refractivity contribution in [2.75, 3.05) is 13.6 Å². The van der Waals surface area contributed by atoms with Crippen molar-refractivity contribution in [2.24, 2.45) is 4.99 Å². The van der Waals surface area contributed by atoms with Crippen LogP contribution in [0.5, 0.6) is 0 Å². The Morgan fingerprint density at radius 3 is 2.75 bits per heavy atom. The zero-order valence-corrected chi connectivity index (χ0v) is 15.5. The molecule has 0 atom stereocenters. The molecule has 0 bridgehead atoms. The first kappa shape index (κ1) is 18.4. The van der Waals surface area contributed by atoms with Crippen LogP contribution in [0, 0.1) is 12.7 Å². The minimum atomic E-state index is -0.189. The van der Waals surface area contributed by atoms with Crippen LogP contribution < -0.4 is 10.6 Å². The predicted octanol–water partition coefficient (Wildman–Crippen LogP) is 3.62. The van der Waals surface area contributed by atoms with Gasteiger partial charge in [0.1, 0.15) is 5.82 Å². The second kappa shape index (κ2) is 8.78. The molecule has 0 aliphatic carbocycles. The number of aliphatic imine (C=N–C) groups is 1. The lowest BCUT2D eigenvalue weighted by Gasteiger charge is -2.12. The molecule has 0 aliphatic rings. The molecule has 2 aromatic rings. The zero-order valence-electron chi connectivity index (χ0n) is 14.7. The van der Waals surface area contributed by atoms with E-state index in [0.717, 1.165) is 40.8 Å². The number of thiazole rings is 1. The maximum atomic E-state index is 13.1. The van der Waals surface area contributed by atoms with E-state index in [4.69, 9.17) is 0 Å². The molecule has 2 N–H and O–H groups in total. The summed E-state index contributed by atoms with van der Waals surface area (Å²) in [5.74, 6) is 1.01. The van der Waals surface area contributed by atoms with Gasteiger partial charge in [-0.2, -0.15) is 0 Å². The molecule has 0 fully saturated rings. The Balaban J connectivity index is 1.79. The number of rotatable bonds is 6. The maximum Gasteiger partial charge on any atom is 0.191 e. The number of nitrogens with zero attached hydrogens (tertiary/aromatic N) is 2. The maximum absolute atomic E-state index is 13.1. The average molecular weight is 348 g/mol. The van der Waals surface area contributed by atoms with Crippen molar-refractivity contribution in [3.63, 3.8) is 0 Å². The summed E-state index contributed by atoms with van der Waals surface area (Å²) in [5, 5.41) is 9.79. The molecule has 0 unspecified atom stereocenters. The van der Waals surface area contributed by atoms with Gasteiger partial charge in [0.15, 0.2) is 5.96 Å². The second-order valence-electron chi connectivity index (χ2n) is 6.01. The molecule has 0 spiro atoms. The van der Waals surface area contributed by atoms with E-state index in [2.05, 4.69) is 39.8 Å². The van der Waals surface area contributed by atoms with E-state index in [0.29, 0.717) is 12.5 Å². The first-order valence-electron chi connectivity index (χ1n) is 8.13. The SMILES string of the molecule is CN=C(NCCc1ccc(F)cc1C)NCc1csc(C(C)C)n1. The number of aryl methyl sites for hydroxylation is 1. The Morgan fingerprint density at radius 2 is 2.12 bits per heavy atom. The van der Waals surface area contributed by atoms with Crippen molar-refractivity contribution in [1.29, 1.82) is 0 Å². The molecule has 0 aliphatic heterocycles. The minimum absolute atomic E-state index is 0.189. The fourth-order valence-corrected chi connectivity index (χ4v) is 3.15. The third-order valence-corrected chi connectivity index (χ3v) is 4.91. The number of halogens is 1. The van der Waals surface area contributed by atoms with Gasteiger partial charge in [-0.1, -0.05) is 19.9 Å². The van der Waals surface area contributed by atoms with Gasteiger partial charge in [-0.15, -0.1) is 11.3 Å². The molecule has 24 heavy (non-hydrogen) atoms. The number of nitrogens with one attached hydrogen (secondary N) is 2. The van der Waals surface area contributed by atoms with Crippen LogP contribution >= 0.6 is 11.3 Å². The summed E-state index contributed by atoms with van der Waals surface area (Å²) in [6.07, 6.45) is 0.820. The highest BCUT2D eigenvalue weighted by molar-refractivity contribution is 7.09. The molecule has 6 heteroatoms. The van der Waals surface area contributed by atoms with Crippen molar-refractivity contribution in [2.45, 2.75) is 39.7 Å². The summed E-state index contributed by atoms with van der Waals surface area (Å²) in [6, 6.07) is 4.91. The standard InChI is InChI=1S/C18H25FN4S/c1-12(2)17-23-16(11-24-17)10-22-18(20-4)21-8-7-14-5-6-15(19)9-13(14)3/h5-6,9,11-12H,7-8,10H2,1-4H3,(H2,20,21,22). The topological polar surface area (TPSA) is 49.3 Å². The van der Waals surface area contributed by atoms with Gasteiger partial charge in [-0.05, 0) is 36.6 Å². The monoisotopic (exact) mass is 348 g/mol. The van der Waals surface area contributed by atoms with Crippen LogP contribution in [0.3, 0.4) is 0 Å². The third-order valence-electron chi connectivity index (χ3n) is 3.72. The largest absolute Gasteiger partial charge is 0.356 e. The summed E-state index contributed by atoms with van der Waals surface area (Å²) in [6.45, 7) is 7.61. The second-order valence-corrected chi connectivity index (χ2v) is 6.89. The van der Waals surface area contributed by atoms with E-state index in [-0.39, 0.29) is 5.82 Å². The van der Waals surface area contributed by atoms with E-state index in [9.17, 15) is 4.39 Å². The number of guanidine groups is 1. The van der Waals surface area contributed by atoms with E-state index in [1.807, 2.05) is 13.0 Å². The van der Waals surface area contributed by atoms with Crippen LogP contribution in [0.1, 0.15) is 41.6 Å². The molecule has 0 saturated heterocycles. The fourth-order valence-electron chi connectivity index (χ4n) is 2.32. The predicted molar refractivity (Wildman–Crippen MR) is 99.2 cm³/mol. The number of aromatic nitrogens is 1. The Kier molecular flexibility index (Phi) is 6.73. The van der Waals surface area contributed by atoms with Crippen LogP contribution in [0.2, 0.25) is 0 Å². The molecular formula is C18H25FN4S. The number of hydrogen-bond donors (Lipinski definition) is 2. The van der Waals surface area contributed by atoms with Crippen molar-refractivity contribution in [3.05, 3.63) is 51.2 Å². The van der Waals surface area contributed by atoms with Crippen LogP contribution in [-0.4, -0.2) is 24.5 Å². The molecule has 1 aromatic carbocycles. The van der Waals surface area contributed by atoms with Gasteiger partial charge in [0.25, 0.3) is 0 Å². The third kappa shape index (κ3) is 5.30. The van der Waals surface area contributed by atoms with Crippen molar-refractivity contribution in [3.8, 4) is 0 Å². The van der Waals surface area contributed by atoms with Crippen LogP contribution in [0.15, 0.2) is 28.6 Å². The Hall–Kier alpha value is -1.95. The molecule has 0 amide bonds. The fraction of sp³-hybridized carbons (Fsp3) is 0.444. The smallest absolute Gasteiger partial charge is 0.191 e. The van der Waals surface area contributed by atoms with Gasteiger partial charge in [0.2, 0.25) is 0 Å². The highest BCUT2D eigenvalue weighted by Crippen LogP contribution is 2.18. The molecule has 1 heterocycles. The Labute approximate surface area is 147 Å². The molecule has 2 rings (SSSR count). The highest BCUT2D eigenvalue weighted by Gasteiger charge is 2.06. The summed E-state index contributed by atoms with van der Waals surface area (Å²) < 4.78 is 13.1. The normalized spacial score (nSPS) is 11.8. The van der Waals surface area contributed by atoms with E-state index < -0.39 is 0 Å². The summed E-state index contributed by atoms with van der Waals surface area (Å²) in [7, 11) is 1.75. The van der Waals surface area contributed by atoms with Gasteiger partial charge in [0, 0.05) is 24.9 Å². The van der Waals surface area contributed by atoms with Crippen molar-refractivity contribution < 1.29 is 4.39 Å². The highest BCUT2D eigenvalue weighted by atomic mass is 32.1. The lowest BCUT2D eigenvalue weighted by atomic mass is 10.1. The van der Waals surface area contributed by atoms with Crippen LogP contribution in [0.25, 0.3) is 0 Å². The van der Waals surface area contributed by atoms with Crippen LogP contribution in [-0.2, 0) is 13.0 Å².